The van der Waals surface area contributed by atoms with Crippen LogP contribution >= 0.6 is 11.6 Å². The van der Waals surface area contributed by atoms with Gasteiger partial charge in [-0.05, 0) is 24.6 Å². The number of hydrogen-bond acceptors (Lipinski definition) is 4. The van der Waals surface area contributed by atoms with E-state index in [4.69, 9.17) is 11.6 Å². The van der Waals surface area contributed by atoms with Gasteiger partial charge in [-0.25, -0.2) is 4.98 Å². The second-order valence-corrected chi connectivity index (χ2v) is 7.57. The Morgan fingerprint density at radius 1 is 1.07 bits per heavy atom. The van der Waals surface area contributed by atoms with Crippen molar-refractivity contribution in [3.8, 4) is 0 Å². The van der Waals surface area contributed by atoms with Gasteiger partial charge in [0.2, 0.25) is 0 Å². The fraction of sp³-hybridized carbons (Fsp3) is 0.333. The summed E-state index contributed by atoms with van der Waals surface area (Å²) in [5, 5.41) is 0.445. The molecule has 0 aliphatic carbocycles. The number of halogens is 1. The maximum atomic E-state index is 12.4. The highest BCUT2D eigenvalue weighted by Crippen LogP contribution is 2.26. The molecule has 0 radical (unpaired) electrons. The Morgan fingerprint density at radius 3 is 2.59 bits per heavy atom. The van der Waals surface area contributed by atoms with E-state index in [1.165, 1.54) is 11.1 Å². The molecule has 2 aromatic heterocycles. The van der Waals surface area contributed by atoms with E-state index in [0.29, 0.717) is 5.15 Å². The maximum absolute atomic E-state index is 12.4. The number of pyridine rings is 2. The Hall–Kier alpha value is -2.37. The van der Waals surface area contributed by atoms with Gasteiger partial charge in [0, 0.05) is 45.8 Å². The lowest BCUT2D eigenvalue weighted by atomic mass is 10.1. The first-order valence-corrected chi connectivity index (χ1v) is 9.58. The number of anilines is 1. The number of nitrogens with zero attached hydrogens (tertiary/aromatic N) is 4. The van der Waals surface area contributed by atoms with Crippen molar-refractivity contribution in [2.75, 3.05) is 31.1 Å². The molecule has 27 heavy (non-hydrogen) atoms. The Bertz CT molecular complexity index is 1040. The van der Waals surface area contributed by atoms with Crippen LogP contribution in [0.1, 0.15) is 11.1 Å². The number of fused-ring (bicyclic) bond motifs is 1. The predicted octanol–water partition coefficient (Wildman–Crippen LogP) is 3.22. The van der Waals surface area contributed by atoms with Crippen LogP contribution < -0.4 is 10.5 Å². The first-order valence-electron chi connectivity index (χ1n) is 9.20. The summed E-state index contributed by atoms with van der Waals surface area (Å²) in [7, 11) is 1.77. The van der Waals surface area contributed by atoms with Crippen LogP contribution in [-0.2, 0) is 13.6 Å². The average molecular weight is 383 g/mol. The second-order valence-electron chi connectivity index (χ2n) is 7.18. The van der Waals surface area contributed by atoms with Crippen LogP contribution in [0.2, 0.25) is 5.15 Å². The van der Waals surface area contributed by atoms with Gasteiger partial charge in [0.15, 0.2) is 0 Å². The van der Waals surface area contributed by atoms with Gasteiger partial charge in [-0.2, -0.15) is 0 Å². The van der Waals surface area contributed by atoms with Crippen molar-refractivity contribution < 1.29 is 0 Å². The highest BCUT2D eigenvalue weighted by atomic mass is 35.5. The minimum atomic E-state index is -0.0242. The molecular weight excluding hydrogens is 360 g/mol. The van der Waals surface area contributed by atoms with Crippen molar-refractivity contribution in [2.24, 2.45) is 7.05 Å². The SMILES string of the molecule is Cc1cccc(CN2CCN(c3cc(=O)n(C)c4ccc(Cl)nc34)CC2)c1. The van der Waals surface area contributed by atoms with Crippen LogP contribution in [0.25, 0.3) is 11.0 Å². The van der Waals surface area contributed by atoms with Gasteiger partial charge in [-0.15, -0.1) is 0 Å². The summed E-state index contributed by atoms with van der Waals surface area (Å²) in [6, 6.07) is 13.9. The summed E-state index contributed by atoms with van der Waals surface area (Å²) >= 11 is 6.12. The molecule has 0 atom stereocenters. The Balaban J connectivity index is 1.55. The molecular formula is C21H23ClN4O. The van der Waals surface area contributed by atoms with Gasteiger partial charge in [0.1, 0.15) is 10.7 Å². The van der Waals surface area contributed by atoms with E-state index < -0.39 is 0 Å². The molecule has 0 amide bonds. The van der Waals surface area contributed by atoms with Crippen molar-refractivity contribution >= 4 is 28.3 Å². The molecule has 1 saturated heterocycles. The molecule has 3 heterocycles. The predicted molar refractivity (Wildman–Crippen MR) is 111 cm³/mol. The first kappa shape index (κ1) is 18.0. The summed E-state index contributed by atoms with van der Waals surface area (Å²) in [5.74, 6) is 0. The lowest BCUT2D eigenvalue weighted by Crippen LogP contribution is -2.46. The molecule has 1 aliphatic rings. The van der Waals surface area contributed by atoms with Crippen molar-refractivity contribution in [2.45, 2.75) is 13.5 Å². The zero-order valence-electron chi connectivity index (χ0n) is 15.7. The standard InChI is InChI=1S/C21H23ClN4O/c1-15-4-3-5-16(12-15)14-25-8-10-26(11-9-25)18-13-20(27)24(2)17-6-7-19(22)23-21(17)18/h3-7,12-13H,8-11,14H2,1-2H3. The fourth-order valence-corrected chi connectivity index (χ4v) is 3.89. The van der Waals surface area contributed by atoms with E-state index in [-0.39, 0.29) is 5.56 Å². The molecule has 3 aromatic rings. The smallest absolute Gasteiger partial charge is 0.252 e. The molecule has 0 unspecified atom stereocenters. The van der Waals surface area contributed by atoms with Crippen LogP contribution in [0.4, 0.5) is 5.69 Å². The molecule has 0 spiro atoms. The van der Waals surface area contributed by atoms with Crippen molar-refractivity contribution in [1.82, 2.24) is 14.5 Å². The van der Waals surface area contributed by atoms with Crippen LogP contribution in [0.15, 0.2) is 47.3 Å². The van der Waals surface area contributed by atoms with E-state index in [0.717, 1.165) is 49.4 Å². The minimum absolute atomic E-state index is 0.0242. The van der Waals surface area contributed by atoms with E-state index >= 15 is 0 Å². The molecule has 1 fully saturated rings. The van der Waals surface area contributed by atoms with Crippen LogP contribution in [-0.4, -0.2) is 40.6 Å². The Morgan fingerprint density at radius 2 is 1.85 bits per heavy atom. The van der Waals surface area contributed by atoms with E-state index in [9.17, 15) is 4.79 Å². The van der Waals surface area contributed by atoms with E-state index in [1.807, 2.05) is 6.07 Å². The molecule has 4 rings (SSSR count). The highest BCUT2D eigenvalue weighted by molar-refractivity contribution is 6.29. The van der Waals surface area contributed by atoms with Crippen molar-refractivity contribution in [3.05, 3.63) is 69.1 Å². The van der Waals surface area contributed by atoms with Crippen LogP contribution in [0.3, 0.4) is 0 Å². The average Bonchev–Trinajstić information content (AvgIpc) is 2.65. The normalized spacial score (nSPS) is 15.4. The minimum Gasteiger partial charge on any atom is -0.367 e. The van der Waals surface area contributed by atoms with Gasteiger partial charge in [-0.1, -0.05) is 41.4 Å². The van der Waals surface area contributed by atoms with Crippen molar-refractivity contribution in [1.29, 1.82) is 0 Å². The van der Waals surface area contributed by atoms with Gasteiger partial charge in [0.05, 0.1) is 11.2 Å². The third-order valence-electron chi connectivity index (χ3n) is 5.24. The molecule has 5 nitrogen and oxygen atoms in total. The fourth-order valence-electron chi connectivity index (χ4n) is 3.74. The second kappa shape index (κ2) is 7.33. The zero-order chi connectivity index (χ0) is 19.0. The molecule has 6 heteroatoms. The Labute approximate surface area is 163 Å². The summed E-state index contributed by atoms with van der Waals surface area (Å²) < 4.78 is 1.62. The molecule has 1 aliphatic heterocycles. The number of benzene rings is 1. The van der Waals surface area contributed by atoms with Gasteiger partial charge >= 0.3 is 0 Å². The molecule has 1 aromatic carbocycles. The van der Waals surface area contributed by atoms with Crippen LogP contribution in [0.5, 0.6) is 0 Å². The molecule has 140 valence electrons. The lowest BCUT2D eigenvalue weighted by molar-refractivity contribution is 0.250. The topological polar surface area (TPSA) is 41.4 Å². The number of aryl methyl sites for hydroxylation is 2. The number of aromatic nitrogens is 2. The lowest BCUT2D eigenvalue weighted by Gasteiger charge is -2.36. The molecule has 0 saturated carbocycles. The maximum Gasteiger partial charge on any atom is 0.252 e. The number of hydrogen-bond donors (Lipinski definition) is 0. The highest BCUT2D eigenvalue weighted by Gasteiger charge is 2.21. The van der Waals surface area contributed by atoms with E-state index in [1.54, 1.807) is 23.7 Å². The largest absolute Gasteiger partial charge is 0.367 e. The monoisotopic (exact) mass is 382 g/mol. The summed E-state index contributed by atoms with van der Waals surface area (Å²) in [4.78, 5) is 21.6. The third-order valence-corrected chi connectivity index (χ3v) is 5.45. The number of piperazine rings is 1. The Kier molecular flexibility index (Phi) is 4.89. The van der Waals surface area contributed by atoms with Gasteiger partial charge in [0.25, 0.3) is 5.56 Å². The van der Waals surface area contributed by atoms with Gasteiger partial charge in [-0.3, -0.25) is 9.69 Å². The zero-order valence-corrected chi connectivity index (χ0v) is 16.4. The quantitative estimate of drug-likeness (QED) is 0.652. The first-order chi connectivity index (χ1) is 13.0. The van der Waals surface area contributed by atoms with E-state index in [2.05, 4.69) is 46.0 Å². The van der Waals surface area contributed by atoms with Gasteiger partial charge < -0.3 is 9.47 Å². The summed E-state index contributed by atoms with van der Waals surface area (Å²) in [6.07, 6.45) is 0. The molecule has 0 bridgehead atoms. The summed E-state index contributed by atoms with van der Waals surface area (Å²) in [5.41, 5.74) is 5.09. The summed E-state index contributed by atoms with van der Waals surface area (Å²) in [6.45, 7) is 6.71. The third kappa shape index (κ3) is 3.70. The number of rotatable bonds is 3. The molecule has 0 N–H and O–H groups in total. The van der Waals surface area contributed by atoms with Crippen molar-refractivity contribution in [3.63, 3.8) is 0 Å². The van der Waals surface area contributed by atoms with Crippen LogP contribution in [0, 0.1) is 6.92 Å².